The van der Waals surface area contributed by atoms with E-state index in [0.29, 0.717) is 33.0 Å². The number of aliphatic hydroxyl groups is 6. The Morgan fingerprint density at radius 1 is 0.333 bits per heavy atom. The van der Waals surface area contributed by atoms with Crippen molar-refractivity contribution in [1.29, 1.82) is 0 Å². The fourth-order valence-electron chi connectivity index (χ4n) is 8.73. The van der Waals surface area contributed by atoms with Crippen LogP contribution in [0.1, 0.15) is 408 Å². The van der Waals surface area contributed by atoms with Gasteiger partial charge >= 0.3 is 0 Å². The summed E-state index contributed by atoms with van der Waals surface area (Å²) in [6, 6.07) is 0. The molecule has 90 heavy (non-hydrogen) atoms. The molecule has 0 heterocycles. The molecule has 0 bridgehead atoms. The number of hydrogen-bond acceptors (Lipinski definition) is 8. The zero-order chi connectivity index (χ0) is 74.8. The Morgan fingerprint density at radius 2 is 0.644 bits per heavy atom. The number of alkyl halides is 1. The van der Waals surface area contributed by atoms with E-state index in [-0.39, 0.29) is 33.6 Å². The second-order valence-electron chi connectivity index (χ2n) is 40.8. The smallest absolute Gasteiger partial charge is 0.138 e. The van der Waals surface area contributed by atoms with Crippen molar-refractivity contribution in [2.24, 2.45) is 54.7 Å². The Morgan fingerprint density at radius 3 is 0.878 bits per heavy atom. The van der Waals surface area contributed by atoms with Crippen molar-refractivity contribution in [2.75, 3.05) is 0 Å². The van der Waals surface area contributed by atoms with Crippen LogP contribution in [-0.4, -0.2) is 93.8 Å². The van der Waals surface area contributed by atoms with Crippen LogP contribution in [-0.2, 0) is 9.47 Å². The van der Waals surface area contributed by atoms with Crippen LogP contribution in [0.4, 0.5) is 4.39 Å². The number of halogens is 1. The molecule has 0 aromatic heterocycles. The summed E-state index contributed by atoms with van der Waals surface area (Å²) in [7, 11) is 0. The van der Waals surface area contributed by atoms with E-state index in [4.69, 9.17) is 9.47 Å². The summed E-state index contributed by atoms with van der Waals surface area (Å²) >= 11 is 0. The summed E-state index contributed by atoms with van der Waals surface area (Å²) in [6.07, 6.45) is 13.3. The van der Waals surface area contributed by atoms with Crippen LogP contribution in [0.2, 0.25) is 0 Å². The molecule has 0 aromatic carbocycles. The molecule has 0 rings (SSSR count). The first-order valence-corrected chi connectivity index (χ1v) is 36.0. The maximum Gasteiger partial charge on any atom is 0.138 e. The first-order chi connectivity index (χ1) is 38.7. The summed E-state index contributed by atoms with van der Waals surface area (Å²) in [4.78, 5) is 0. The zero-order valence-electron chi connectivity index (χ0n) is 70.3. The first kappa shape index (κ1) is 103. The largest absolute Gasteiger partial charge is 0.390 e. The summed E-state index contributed by atoms with van der Waals surface area (Å²) in [5.74, 6) is 0.361. The SMILES string of the molecule is CC(C)(C)CCC(C)(O)C(C)(C)C.CC(OC(C)(C)C)C(C)(F)C(C)(C)C.CC(OC(C)(C)C)C(O)C(C)(C)C.CCC(C)(O)CCC(C)(C)C.CCC(O)(CC)CCC(C)(C)C.CCC(O)(CCC(C)(C)C)C(C)(C)C.CCC(O)(CCC(C)(C)C)C(C)C. The zero-order valence-corrected chi connectivity index (χ0v) is 70.3. The molecule has 0 saturated heterocycles. The molecule has 0 amide bonds. The average Bonchev–Trinajstić information content (AvgIpc) is 3.30. The molecule has 8 unspecified atom stereocenters. The molecule has 8 atom stereocenters. The van der Waals surface area contributed by atoms with Crippen LogP contribution in [0.25, 0.3) is 0 Å². The lowest BCUT2D eigenvalue weighted by Gasteiger charge is -2.41. The minimum atomic E-state index is -1.32. The van der Waals surface area contributed by atoms with Crippen molar-refractivity contribution in [3.05, 3.63) is 0 Å². The van der Waals surface area contributed by atoms with Crippen molar-refractivity contribution in [2.45, 2.75) is 471 Å². The maximum atomic E-state index is 14.4. The van der Waals surface area contributed by atoms with Crippen molar-refractivity contribution in [1.82, 2.24) is 0 Å². The molecule has 0 aliphatic carbocycles. The summed E-state index contributed by atoms with van der Waals surface area (Å²) < 4.78 is 25.7. The van der Waals surface area contributed by atoms with E-state index < -0.39 is 51.3 Å². The van der Waals surface area contributed by atoms with Crippen LogP contribution in [0.15, 0.2) is 0 Å². The van der Waals surface area contributed by atoms with E-state index in [1.807, 2.05) is 111 Å². The molecule has 6 N–H and O–H groups in total. The number of rotatable bonds is 20. The summed E-state index contributed by atoms with van der Waals surface area (Å²) in [5.41, 5.74) is -3.11. The molecule has 554 valence electrons. The highest BCUT2D eigenvalue weighted by molar-refractivity contribution is 4.94. The summed E-state index contributed by atoms with van der Waals surface area (Å²) in [5, 5.41) is 60.6. The highest BCUT2D eigenvalue weighted by atomic mass is 19.1. The predicted octanol–water partition coefficient (Wildman–Crippen LogP) is 24.1. The highest BCUT2D eigenvalue weighted by Gasteiger charge is 2.45. The fraction of sp³-hybridized carbons (Fsp3) is 1.00. The number of hydrogen-bond donors (Lipinski definition) is 6. The van der Waals surface area contributed by atoms with Crippen molar-refractivity contribution >= 4 is 0 Å². The monoisotopic (exact) mass is 1300 g/mol. The van der Waals surface area contributed by atoms with Gasteiger partial charge in [0, 0.05) is 0 Å². The molecule has 8 nitrogen and oxygen atoms in total. The Balaban J connectivity index is -0.000000179. The Hall–Kier alpha value is -0.390. The fourth-order valence-corrected chi connectivity index (χ4v) is 8.73. The quantitative estimate of drug-likeness (QED) is 0.0708. The van der Waals surface area contributed by atoms with E-state index in [9.17, 15) is 35.0 Å². The molecule has 0 radical (unpaired) electrons. The van der Waals surface area contributed by atoms with Crippen LogP contribution in [0, 0.1) is 54.7 Å². The lowest BCUT2D eigenvalue weighted by Crippen LogP contribution is -2.48. The van der Waals surface area contributed by atoms with Crippen LogP contribution in [0.5, 0.6) is 0 Å². The third-order valence-corrected chi connectivity index (χ3v) is 18.7. The van der Waals surface area contributed by atoms with E-state index in [0.717, 1.165) is 96.3 Å². The standard InChI is InChI=1S/C13H28O.C12H25FO.2C12H26O.C11H24O2.C11H24O.C10H22O/c1-8-13(14,12(5,6)7)10-9-11(2,3)4;1-9(14-11(5,6)7)12(8,13)10(2,3)4;1-10(2,3)8-9-12(7,13)11(4,5)6;1-7-12(13,10(2)3)9-8-11(4,5)6;1-8(13-11(5,6)7)9(12)10(2,3)4;1-6-11(12,7-2)9-8-10(3,4)5;1-6-10(5,11)8-7-9(2,3)4/h14H,8-10H2,1-7H3;9H,1-8H3;13H,8-9H2,1-7H3;10,13H,7-9H2,1-6H3;8-9,12H,1-7H3;12H,6-9H2,1-5H3;11H,6-8H2,1-5H3. The average molecular weight is 1300 g/mol. The molecule has 0 aliphatic heterocycles. The van der Waals surface area contributed by atoms with Gasteiger partial charge in [-0.15, -0.1) is 0 Å². The van der Waals surface area contributed by atoms with Gasteiger partial charge in [-0.25, -0.2) is 4.39 Å². The molecular weight excluding hydrogens is 1120 g/mol. The maximum absolute atomic E-state index is 14.4. The van der Waals surface area contributed by atoms with Crippen molar-refractivity contribution in [3.63, 3.8) is 0 Å². The van der Waals surface area contributed by atoms with Crippen molar-refractivity contribution in [3.8, 4) is 0 Å². The Kier molecular flexibility index (Phi) is 45.7. The second-order valence-corrected chi connectivity index (χ2v) is 40.8. The third kappa shape index (κ3) is 55.7. The first-order valence-electron chi connectivity index (χ1n) is 36.0. The van der Waals surface area contributed by atoms with Gasteiger partial charge < -0.3 is 40.1 Å². The van der Waals surface area contributed by atoms with E-state index in [1.54, 1.807) is 13.8 Å². The van der Waals surface area contributed by atoms with Gasteiger partial charge in [0.2, 0.25) is 0 Å². The summed E-state index contributed by atoms with van der Waals surface area (Å²) in [6.45, 7) is 93.2. The topological polar surface area (TPSA) is 140 Å². The Labute approximate surface area is 567 Å². The van der Waals surface area contributed by atoms with Crippen LogP contribution in [0.3, 0.4) is 0 Å². The van der Waals surface area contributed by atoms with E-state index in [1.165, 1.54) is 0 Å². The second kappa shape index (κ2) is 39.9. The molecule has 0 aliphatic rings. The van der Waals surface area contributed by atoms with E-state index in [2.05, 4.69) is 187 Å². The molecular formula is C81H175FO8. The Bertz CT molecular complexity index is 1730. The third-order valence-electron chi connectivity index (χ3n) is 18.7. The van der Waals surface area contributed by atoms with Gasteiger partial charge in [-0.05, 0) is 227 Å². The van der Waals surface area contributed by atoms with Crippen molar-refractivity contribution < 1.29 is 44.5 Å². The van der Waals surface area contributed by atoms with Gasteiger partial charge in [-0.3, -0.25) is 0 Å². The van der Waals surface area contributed by atoms with Crippen LogP contribution >= 0.6 is 0 Å². The van der Waals surface area contributed by atoms with Gasteiger partial charge in [0.05, 0.1) is 57.5 Å². The normalized spacial score (nSPS) is 17.8. The van der Waals surface area contributed by atoms with Gasteiger partial charge in [0.25, 0.3) is 0 Å². The molecule has 0 saturated carbocycles. The molecule has 0 fully saturated rings. The number of ether oxygens (including phenoxy) is 2. The van der Waals surface area contributed by atoms with E-state index >= 15 is 0 Å². The number of aliphatic hydroxyl groups excluding tert-OH is 1. The lowest BCUT2D eigenvalue weighted by atomic mass is 9.70. The molecule has 9 heteroatoms. The lowest BCUT2D eigenvalue weighted by molar-refractivity contribution is -0.146. The molecule has 0 aromatic rings. The van der Waals surface area contributed by atoms with Gasteiger partial charge in [0.1, 0.15) is 5.67 Å². The molecule has 0 spiro atoms. The predicted molar refractivity (Wildman–Crippen MR) is 400 cm³/mol. The minimum absolute atomic E-state index is 0.0208. The van der Waals surface area contributed by atoms with Gasteiger partial charge in [0.15, 0.2) is 0 Å². The van der Waals surface area contributed by atoms with Gasteiger partial charge in [-0.1, -0.05) is 235 Å². The van der Waals surface area contributed by atoms with Crippen LogP contribution < -0.4 is 0 Å². The highest BCUT2D eigenvalue weighted by Crippen LogP contribution is 2.42. The van der Waals surface area contributed by atoms with Gasteiger partial charge in [-0.2, -0.15) is 0 Å². The minimum Gasteiger partial charge on any atom is -0.390 e.